The lowest BCUT2D eigenvalue weighted by Gasteiger charge is -2.23. The number of halogens is 1. The van der Waals surface area contributed by atoms with Gasteiger partial charge in [-0.1, -0.05) is 5.92 Å². The molecule has 1 aliphatic rings. The van der Waals surface area contributed by atoms with Gasteiger partial charge in [0.05, 0.1) is 11.7 Å². The molecule has 0 aliphatic carbocycles. The summed E-state index contributed by atoms with van der Waals surface area (Å²) in [6, 6.07) is 3.17. The molecular weight excluding hydrogens is 325 g/mol. The number of amides is 2. The van der Waals surface area contributed by atoms with Gasteiger partial charge in [-0.3, -0.25) is 0 Å². The van der Waals surface area contributed by atoms with E-state index in [0.717, 1.165) is 25.2 Å². The number of aryl methyl sites for hydroxylation is 2. The Morgan fingerprint density at radius 2 is 2.40 bits per heavy atom. The minimum atomic E-state index is -0.478. The predicted octanol–water partition coefficient (Wildman–Crippen LogP) is 2.39. The zero-order valence-electron chi connectivity index (χ0n) is 13.8. The highest BCUT2D eigenvalue weighted by molar-refractivity contribution is 5.91. The molecule has 1 atom stereocenters. The van der Waals surface area contributed by atoms with Gasteiger partial charge in [-0.05, 0) is 31.9 Å². The maximum atomic E-state index is 13.4. The Morgan fingerprint density at radius 3 is 3.20 bits per heavy atom. The Hall–Kier alpha value is -3.08. The fourth-order valence-corrected chi connectivity index (χ4v) is 2.76. The van der Waals surface area contributed by atoms with Crippen LogP contribution in [0.15, 0.2) is 18.2 Å². The zero-order valence-corrected chi connectivity index (χ0v) is 13.8. The van der Waals surface area contributed by atoms with Crippen LogP contribution in [0.4, 0.5) is 14.9 Å². The molecule has 1 aromatic carbocycles. The van der Waals surface area contributed by atoms with E-state index in [9.17, 15) is 9.18 Å². The van der Waals surface area contributed by atoms with Gasteiger partial charge in [-0.2, -0.15) is 5.10 Å². The summed E-state index contributed by atoms with van der Waals surface area (Å²) in [4.78, 5) is 16.7. The molecule has 0 unspecified atom stereocenters. The number of carbonyl (C=O) groups is 1. The smallest absolute Gasteiger partial charge is 0.319 e. The second-order valence-corrected chi connectivity index (χ2v) is 5.67. The molecule has 130 valence electrons. The summed E-state index contributed by atoms with van der Waals surface area (Å²) in [6.07, 6.45) is 6.82. The second kappa shape index (κ2) is 7.21. The van der Waals surface area contributed by atoms with E-state index in [1.807, 2.05) is 11.6 Å². The molecule has 2 amide bonds. The van der Waals surface area contributed by atoms with Crippen molar-refractivity contribution in [3.63, 3.8) is 0 Å². The molecule has 1 aromatic heterocycles. The fourth-order valence-electron chi connectivity index (χ4n) is 2.76. The zero-order chi connectivity index (χ0) is 17.8. The van der Waals surface area contributed by atoms with Gasteiger partial charge in [0.1, 0.15) is 29.8 Å². The van der Waals surface area contributed by atoms with Crippen LogP contribution >= 0.6 is 0 Å². The molecule has 8 heteroatoms. The van der Waals surface area contributed by atoms with Crippen molar-refractivity contribution in [1.29, 1.82) is 0 Å². The maximum Gasteiger partial charge on any atom is 0.319 e. The summed E-state index contributed by atoms with van der Waals surface area (Å²) in [5.74, 6) is 3.41. The van der Waals surface area contributed by atoms with Crippen LogP contribution in [0.2, 0.25) is 0 Å². The third-order valence-corrected chi connectivity index (χ3v) is 3.79. The van der Waals surface area contributed by atoms with Gasteiger partial charge in [0.15, 0.2) is 0 Å². The van der Waals surface area contributed by atoms with Gasteiger partial charge in [-0.25, -0.2) is 18.9 Å². The highest BCUT2D eigenvalue weighted by Gasteiger charge is 2.25. The molecule has 2 aromatic rings. The van der Waals surface area contributed by atoms with Gasteiger partial charge in [-0.15, -0.1) is 6.42 Å². The largest absolute Gasteiger partial charge is 0.479 e. The molecule has 0 bridgehead atoms. The Morgan fingerprint density at radius 1 is 1.56 bits per heavy atom. The van der Waals surface area contributed by atoms with E-state index in [0.29, 0.717) is 11.5 Å². The van der Waals surface area contributed by atoms with Crippen molar-refractivity contribution in [2.45, 2.75) is 32.4 Å². The summed E-state index contributed by atoms with van der Waals surface area (Å²) >= 11 is 0. The monoisotopic (exact) mass is 343 g/mol. The van der Waals surface area contributed by atoms with E-state index in [4.69, 9.17) is 11.2 Å². The lowest BCUT2D eigenvalue weighted by molar-refractivity contribution is 0.244. The molecule has 25 heavy (non-hydrogen) atoms. The summed E-state index contributed by atoms with van der Waals surface area (Å²) in [6.45, 7) is 2.58. The summed E-state index contributed by atoms with van der Waals surface area (Å²) in [7, 11) is 0. The molecule has 2 heterocycles. The van der Waals surface area contributed by atoms with Crippen molar-refractivity contribution in [2.75, 3.05) is 11.9 Å². The van der Waals surface area contributed by atoms with Crippen molar-refractivity contribution in [2.24, 2.45) is 0 Å². The van der Waals surface area contributed by atoms with Gasteiger partial charge in [0.25, 0.3) is 0 Å². The van der Waals surface area contributed by atoms with Crippen LogP contribution in [0.25, 0.3) is 0 Å². The van der Waals surface area contributed by atoms with Crippen LogP contribution in [-0.2, 0) is 6.54 Å². The number of ether oxygens (including phenoxy) is 1. The van der Waals surface area contributed by atoms with Crippen molar-refractivity contribution in [3.8, 4) is 18.1 Å². The number of nitrogens with zero attached hydrogens (tertiary/aromatic N) is 3. The van der Waals surface area contributed by atoms with E-state index < -0.39 is 11.8 Å². The number of benzene rings is 1. The minimum absolute atomic E-state index is 0.0231. The first kappa shape index (κ1) is 16.8. The molecule has 2 N–H and O–H groups in total. The maximum absolute atomic E-state index is 13.4. The highest BCUT2D eigenvalue weighted by Crippen LogP contribution is 2.26. The third-order valence-electron chi connectivity index (χ3n) is 3.79. The lowest BCUT2D eigenvalue weighted by Crippen LogP contribution is -2.36. The molecule has 7 nitrogen and oxygen atoms in total. The molecule has 0 radical (unpaired) electrons. The number of fused-ring (bicyclic) bond motifs is 1. The van der Waals surface area contributed by atoms with Gasteiger partial charge >= 0.3 is 6.03 Å². The van der Waals surface area contributed by atoms with Crippen LogP contribution in [-0.4, -0.2) is 27.4 Å². The van der Waals surface area contributed by atoms with Crippen molar-refractivity contribution in [1.82, 2.24) is 20.1 Å². The fraction of sp³-hybridized carbons (Fsp3) is 0.353. The first-order chi connectivity index (χ1) is 12.1. The van der Waals surface area contributed by atoms with E-state index in [-0.39, 0.29) is 18.4 Å². The average molecular weight is 343 g/mol. The van der Waals surface area contributed by atoms with E-state index in [2.05, 4.69) is 26.6 Å². The molecule has 0 saturated carbocycles. The van der Waals surface area contributed by atoms with Crippen molar-refractivity contribution >= 4 is 11.7 Å². The standard InChI is InChI=1S/C17H18FN5O2/c1-3-9-25-15-10-12(18)6-7-13(15)20-17(24)21-14-5-4-8-23-16(14)19-11(2)22-23/h1,6-7,10,14H,4-5,8-9H2,2H3,(H2,20,21,24)/t14-/m1/s1. The number of anilines is 1. The Kier molecular flexibility index (Phi) is 4.84. The summed E-state index contributed by atoms with van der Waals surface area (Å²) in [5, 5.41) is 9.84. The van der Waals surface area contributed by atoms with Gasteiger partial charge < -0.3 is 15.4 Å². The number of urea groups is 1. The predicted molar refractivity (Wildman–Crippen MR) is 89.6 cm³/mol. The number of aromatic nitrogens is 3. The average Bonchev–Trinajstić information content (AvgIpc) is 2.96. The molecule has 0 fully saturated rings. The second-order valence-electron chi connectivity index (χ2n) is 5.67. The lowest BCUT2D eigenvalue weighted by atomic mass is 10.1. The first-order valence-corrected chi connectivity index (χ1v) is 7.91. The summed E-state index contributed by atoms with van der Waals surface area (Å²) < 4.78 is 20.5. The number of hydrogen-bond acceptors (Lipinski definition) is 4. The molecule has 0 spiro atoms. The molecule has 3 rings (SSSR count). The normalized spacial score (nSPS) is 15.8. The Bertz CT molecular complexity index is 827. The van der Waals surface area contributed by atoms with Crippen molar-refractivity contribution in [3.05, 3.63) is 35.7 Å². The number of carbonyl (C=O) groups excluding carboxylic acids is 1. The van der Waals surface area contributed by atoms with Gasteiger partial charge in [0, 0.05) is 12.6 Å². The number of terminal acetylenes is 1. The van der Waals surface area contributed by atoms with E-state index in [1.165, 1.54) is 18.2 Å². The number of nitrogens with one attached hydrogen (secondary N) is 2. The van der Waals surface area contributed by atoms with Crippen molar-refractivity contribution < 1.29 is 13.9 Å². The number of hydrogen-bond donors (Lipinski definition) is 2. The van der Waals surface area contributed by atoms with Crippen LogP contribution in [0.3, 0.4) is 0 Å². The van der Waals surface area contributed by atoms with Crippen LogP contribution < -0.4 is 15.4 Å². The topological polar surface area (TPSA) is 81.1 Å². The van der Waals surface area contributed by atoms with Crippen LogP contribution in [0, 0.1) is 25.1 Å². The van der Waals surface area contributed by atoms with Crippen LogP contribution in [0.5, 0.6) is 5.75 Å². The van der Waals surface area contributed by atoms with E-state index in [1.54, 1.807) is 0 Å². The van der Waals surface area contributed by atoms with Crippen LogP contribution in [0.1, 0.15) is 30.5 Å². The minimum Gasteiger partial charge on any atom is -0.479 e. The highest BCUT2D eigenvalue weighted by atomic mass is 19.1. The third kappa shape index (κ3) is 3.88. The van der Waals surface area contributed by atoms with Gasteiger partial charge in [0.2, 0.25) is 0 Å². The number of rotatable bonds is 4. The summed E-state index contributed by atoms with van der Waals surface area (Å²) in [5.41, 5.74) is 0.336. The quantitative estimate of drug-likeness (QED) is 0.835. The van der Waals surface area contributed by atoms with E-state index >= 15 is 0 Å². The molecular formula is C17H18FN5O2. The Balaban J connectivity index is 1.70. The SMILES string of the molecule is C#CCOc1cc(F)ccc1NC(=O)N[C@@H]1CCCn2nc(C)nc21. The molecule has 0 saturated heterocycles. The first-order valence-electron chi connectivity index (χ1n) is 7.91. The molecule has 1 aliphatic heterocycles. The Labute approximate surface area is 144 Å².